The summed E-state index contributed by atoms with van der Waals surface area (Å²) in [5, 5.41) is 9.70. The molecule has 9 heteroatoms. The van der Waals surface area contributed by atoms with Crippen LogP contribution >= 0.6 is 0 Å². The molecule has 3 atom stereocenters. The van der Waals surface area contributed by atoms with Crippen molar-refractivity contribution in [1.82, 2.24) is 15.0 Å². The maximum absolute atomic E-state index is 15.1. The predicted octanol–water partition coefficient (Wildman–Crippen LogP) is 22.1. The summed E-state index contributed by atoms with van der Waals surface area (Å²) in [7, 11) is -3.17. The van der Waals surface area contributed by atoms with Crippen molar-refractivity contribution >= 4 is 15.6 Å². The normalized spacial score (nSPS) is 37.9. The molecule has 0 aliphatic heterocycles. The highest BCUT2D eigenvalue weighted by atomic mass is 32.2. The Morgan fingerprint density at radius 1 is 1.26 bits per heavy atom. The monoisotopic (exact) mass is 964 g/mol. The number of hydrogen-bond donors (Lipinski definition) is 0. The van der Waals surface area contributed by atoms with Crippen LogP contribution in [0.4, 0.5) is 4.39 Å². The minimum Gasteiger partial charge on any atom is -0.293 e. The number of carbonyl (C=O) groups is 1. The highest BCUT2D eigenvalue weighted by Crippen LogP contribution is 2.51. The smallest absolute Gasteiger partial charge is 0.176 e. The fourth-order valence-corrected chi connectivity index (χ4v) is 6.40. The van der Waals surface area contributed by atoms with E-state index in [1.165, 1.54) is 12.3 Å². The van der Waals surface area contributed by atoms with Crippen LogP contribution in [0.25, 0.3) is 22.6 Å². The summed E-state index contributed by atoms with van der Waals surface area (Å²) in [6.45, 7) is 3.85. The molecule has 38 heavy (non-hydrogen) atoms. The Bertz CT molecular complexity index is 1780. The van der Waals surface area contributed by atoms with Crippen LogP contribution in [-0.2, 0) is 32.9 Å². The van der Waals surface area contributed by atoms with E-state index in [2.05, 4.69) is 11.1 Å². The lowest BCUT2D eigenvalue weighted by Crippen LogP contribution is -2.46. The number of aromatic nitrogens is 3. The van der Waals surface area contributed by atoms with Crippen LogP contribution in [0.5, 0.6) is 0 Å². The summed E-state index contributed by atoms with van der Waals surface area (Å²) in [6.07, 6.45) is 5.98. The first-order valence-electron chi connectivity index (χ1n) is 84.5. The van der Waals surface area contributed by atoms with Crippen LogP contribution in [0.3, 0.4) is 0 Å². The maximum Gasteiger partial charge on any atom is 0.176 e. The SMILES string of the molecule is C[C@H]1C(=O)C(C#N)=C[C@@]2(C)c3nc(-c4ccnc(CCS(C)(=O)=O)c4)nc(-c4ccccc4F)c3CC[C@H]12.[3H][3H].[3H][3H].[3H][3H].[3H][3H].[3H][3H].[3H][3H].[3H][3H].[3H][3H].[3H][3H].[3H][3H].[3H][3H].[3H][3H].[3H][3H].[3H][3H].[3H][3H].[3H][3H].[3H][3H].[3H][3H].[3H][3H].[3H][3H].[3H][3H].[3H][3H].[3H][3H].[3H][3H].[3H][3H].[3H][3H].[3H][3H].[3H][3H].[3H][3H].[3H][3H].[3H][3H].[3H][3H].[3H][3H].[3H][3H].[3H][3H].[3H][3H].[3H][3H].[3H][3H].[3H][3H].[3H][3H].[3H][3H].[3H][3H].[3H][3H].[3H][3H].[3H][3H].[3H][3H].[3H][3H].[3H][3H].[3H][3H].[3H][3H].[3H][3H].[3H][3H].[3H][3H].[3H][3H].[3H][3H].[3H][3H].[3H][3H].[3H][3H].[3H][3H].[3H][3H].[3H][3H].[3H][3H].[3H][3H].[3H][3H].[3H][3H].[3H][3H].[3H][3H].[3H][3H].[3H][3H].[3H][3H].[3H][3H].[3H][3H]. The molecule has 2 aliphatic rings. The quantitative estimate of drug-likeness (QED) is 0.250. The number of ketones is 1. The molecule has 0 N–H and O–H groups in total. The van der Waals surface area contributed by atoms with Crippen LogP contribution in [0.2, 0.25) is 0 Å². The Morgan fingerprint density at radius 2 is 2.03 bits per heavy atom. The number of nitriles is 1. The second kappa shape index (κ2) is 9.52. The van der Waals surface area contributed by atoms with Crippen molar-refractivity contribution < 1.29 is 231 Å². The van der Waals surface area contributed by atoms with E-state index >= 15 is 4.39 Å². The fraction of sp³-hybridized carbons (Fsp3) is 0.345. The molecular weight excluding hydrogens is 503 g/mol. The maximum atomic E-state index is 15.1. The van der Waals surface area contributed by atoms with Gasteiger partial charge in [-0.2, -0.15) is 5.26 Å². The molecule has 2 aromatic heterocycles. The van der Waals surface area contributed by atoms with Crippen molar-refractivity contribution in [3.05, 3.63) is 77.0 Å². The van der Waals surface area contributed by atoms with Gasteiger partial charge in [0.2, 0.25) is 0 Å². The Kier molecular flexibility index (Phi) is 0.779. The van der Waals surface area contributed by atoms with E-state index in [4.69, 9.17) is 224 Å². The summed E-state index contributed by atoms with van der Waals surface area (Å²) in [5.41, 5.74) is 2.91. The highest BCUT2D eigenvalue weighted by molar-refractivity contribution is 7.90. The van der Waals surface area contributed by atoms with E-state index in [0.29, 0.717) is 46.9 Å². The van der Waals surface area contributed by atoms with Gasteiger partial charge in [-0.05, 0) is 43.0 Å². The van der Waals surface area contributed by atoms with E-state index in [1.54, 1.807) is 42.6 Å². The van der Waals surface area contributed by atoms with Crippen LogP contribution in [0.1, 0.15) is 251 Å². The molecule has 1 aromatic carbocycles. The summed E-state index contributed by atoms with van der Waals surface area (Å²) < 4.78 is 758. The third-order valence-corrected chi connectivity index (χ3v) is 8.72. The van der Waals surface area contributed by atoms with Crippen LogP contribution in [0, 0.1) is 29.0 Å². The molecule has 3 aromatic rings. The van der Waals surface area contributed by atoms with Gasteiger partial charge in [0.1, 0.15) is 21.7 Å². The molecule has 0 saturated carbocycles. The molecule has 0 unspecified atom stereocenters. The molecular formula is C29H171FN4O3S. The van der Waals surface area contributed by atoms with Gasteiger partial charge in [0.25, 0.3) is 0 Å². The molecule has 0 spiro atoms. The summed E-state index contributed by atoms with van der Waals surface area (Å²) in [6, 6.07) is 12.0. The average molecular weight is 965 g/mol. The van der Waals surface area contributed by atoms with Gasteiger partial charge in [0.15, 0.2) is 11.6 Å². The second-order valence-corrected chi connectivity index (χ2v) is 12.6. The highest BCUT2D eigenvalue weighted by Gasteiger charge is 2.49. The number of fused-ring (bicyclic) bond motifs is 3. The zero-order valence-electron chi connectivity index (χ0n) is 165. The number of rotatable bonds is 5. The van der Waals surface area contributed by atoms with E-state index in [9.17, 15) is 18.5 Å². The minimum absolute atomic E-state index is 0.0393. The lowest BCUT2D eigenvalue weighted by molar-refractivity contribution is -0.121. The lowest BCUT2D eigenvalue weighted by Gasteiger charge is -2.45. The Labute approximate surface area is 443 Å². The van der Waals surface area contributed by atoms with Crippen LogP contribution in [-0.4, -0.2) is 41.2 Å². The summed E-state index contributed by atoms with van der Waals surface area (Å²) in [4.78, 5) is 27.0. The first-order valence-corrected chi connectivity index (χ1v) is 14.5. The number of carbonyl (C=O) groups excluding carboxylic acids is 1. The zero-order chi connectivity index (χ0) is 171. The molecule has 0 fully saturated rings. The van der Waals surface area contributed by atoms with E-state index < -0.39 is 21.1 Å². The number of aryl methyl sites for hydroxylation is 1. The van der Waals surface area contributed by atoms with Crippen LogP contribution < -0.4 is 0 Å². The summed E-state index contributed by atoms with van der Waals surface area (Å²) >= 11 is 0. The van der Waals surface area contributed by atoms with Crippen molar-refractivity contribution in [2.45, 2.75) is 38.5 Å². The number of allylic oxidation sites excluding steroid dienone is 2. The fourth-order valence-electron chi connectivity index (χ4n) is 5.82. The van der Waals surface area contributed by atoms with Crippen LogP contribution in [0.15, 0.2) is 54.2 Å². The van der Waals surface area contributed by atoms with Gasteiger partial charge < -0.3 is 0 Å². The second-order valence-electron chi connectivity index (χ2n) is 10.4. The number of nitrogens with zero attached hydrogens (tertiary/aromatic N) is 4. The number of benzene rings is 1. The molecule has 7 nitrogen and oxygen atoms in total. The van der Waals surface area contributed by atoms with Gasteiger partial charge in [-0.25, -0.2) is 22.8 Å². The minimum atomic E-state index is -3.17. The van der Waals surface area contributed by atoms with Gasteiger partial charge >= 0.3 is 0 Å². The van der Waals surface area contributed by atoms with Gasteiger partial charge in [0.05, 0.1) is 22.7 Å². The largest absolute Gasteiger partial charge is 0.293 e. The molecule has 5 rings (SSSR count). The van der Waals surface area contributed by atoms with E-state index in [0.717, 1.165) is 5.56 Å². The van der Waals surface area contributed by atoms with E-state index in [1.807, 2.05) is 13.8 Å². The lowest BCUT2D eigenvalue weighted by atomic mass is 9.57. The molecule has 338 valence electrons. The number of Topliss-reactive ketones (excluding diaryl/α,β-unsaturated/α-hetero) is 1. The van der Waals surface area contributed by atoms with Crippen molar-refractivity contribution in [2.24, 2.45) is 11.8 Å². The predicted molar refractivity (Wildman–Crippen MR) is 293 cm³/mol. The van der Waals surface area contributed by atoms with Crippen molar-refractivity contribution in [1.29, 1.82) is 5.26 Å². The average Bonchev–Trinajstić information content (AvgIpc) is 0.718. The first-order chi connectivity index (χ1) is 90.0. The number of halogens is 1. The van der Waals surface area contributed by atoms with Crippen molar-refractivity contribution in [2.75, 3.05) is 12.0 Å². The molecule has 0 saturated heterocycles. The van der Waals surface area contributed by atoms with Gasteiger partial charge in [-0.1, -0.05) is 32.1 Å². The summed E-state index contributed by atoms with van der Waals surface area (Å²) in [5.74, 6) is -0.682. The number of sulfone groups is 1. The molecule has 0 amide bonds. The molecule has 0 bridgehead atoms. The third-order valence-electron chi connectivity index (χ3n) is 7.77. The third kappa shape index (κ3) is 4.54. The van der Waals surface area contributed by atoms with Gasteiger partial charge in [-0.15, -0.1) is 0 Å². The van der Waals surface area contributed by atoms with E-state index in [-0.39, 0.29) is 35.4 Å². The van der Waals surface area contributed by atoms with Gasteiger partial charge in [-0.3, -0.25) is 9.78 Å². The van der Waals surface area contributed by atoms with Crippen molar-refractivity contribution in [3.63, 3.8) is 0 Å². The molecule has 0 radical (unpaired) electrons. The number of pyridine rings is 1. The molecule has 2 aliphatic carbocycles. The van der Waals surface area contributed by atoms with Gasteiger partial charge in [0, 0.05) is 266 Å². The Balaban J connectivity index is -0.0000000119. The molecule has 2 heterocycles. The topological polar surface area (TPSA) is 114 Å². The standard InChI is InChI=1S/C29H27FN4O3S.72H2/c1-17-23-9-8-22-25(21-6-4-5-7-24(21)30)33-28(18-10-12-32-20(14-18)11-13-38(3,36)37)34-27(22)29(23,2)15-19(16-31)26(17)35;;;;;;;;;;;;;;;;;;;;;;;;;;;;;;;;;;;;;;;;;;;;;;;;;;;;;;;;;;;;;;;;;;;;;;;;/h4-7,10,12,14-15,17,23H,8-9,11,13H2,1-3H3;72*1H/t17-,23-,29-;;;;;;;;;;;;;;;;;;;;;;;;;;;;;;;;;;;;;;;;;;;;;;;;;;;;;;;;;;;;;;;;;;;;;;;;/m1......................................................................../s1/i;72*1+2T. The zero-order valence-corrected chi connectivity index (χ0v) is 22.2. The Morgan fingerprint density at radius 3 is 2.74 bits per heavy atom. The first kappa shape index (κ1) is 3.11. The Hall–Kier alpha value is -3.77. The number of hydrogen-bond acceptors (Lipinski definition) is 7. The van der Waals surface area contributed by atoms with Crippen molar-refractivity contribution in [3.8, 4) is 28.7 Å².